The fourth-order valence-corrected chi connectivity index (χ4v) is 1.63. The van der Waals surface area contributed by atoms with Gasteiger partial charge in [-0.25, -0.2) is 0 Å². The molecule has 6 heteroatoms. The Bertz CT molecular complexity index is 400. The van der Waals surface area contributed by atoms with Crippen LogP contribution in [0.1, 0.15) is 18.6 Å². The minimum absolute atomic E-state index is 0.0836. The zero-order valence-electron chi connectivity index (χ0n) is 9.32. The van der Waals surface area contributed by atoms with Crippen LogP contribution in [0.4, 0.5) is 5.69 Å². The zero-order valence-corrected chi connectivity index (χ0v) is 11.6. The molecule has 3 nitrogen and oxygen atoms in total. The summed E-state index contributed by atoms with van der Waals surface area (Å²) >= 11 is 16.8. The summed E-state index contributed by atoms with van der Waals surface area (Å²) in [5.41, 5.74) is 1.18. The largest absolute Gasteiger partial charge is 0.384 e. The number of nitrogens with zero attached hydrogens (tertiary/aromatic N) is 1. The molecule has 0 saturated heterocycles. The lowest BCUT2D eigenvalue weighted by Crippen LogP contribution is -2.23. The van der Waals surface area contributed by atoms with E-state index in [1.54, 1.807) is 31.3 Å². The summed E-state index contributed by atoms with van der Waals surface area (Å²) in [6.45, 7) is 1.46. The minimum atomic E-state index is -1.77. The monoisotopic (exact) mass is 295 g/mol. The highest BCUT2D eigenvalue weighted by Crippen LogP contribution is 2.39. The maximum absolute atomic E-state index is 11.1. The SMILES string of the molecule is CC(=O)N(C)c1ccc(C(O)C(Cl)(Cl)Cl)cc1. The third-order valence-corrected chi connectivity index (χ3v) is 3.00. The quantitative estimate of drug-likeness (QED) is 0.852. The molecule has 0 aromatic heterocycles. The number of alkyl halides is 3. The van der Waals surface area contributed by atoms with Crippen molar-refractivity contribution < 1.29 is 9.90 Å². The van der Waals surface area contributed by atoms with E-state index in [1.807, 2.05) is 0 Å². The molecular weight excluding hydrogens is 284 g/mol. The van der Waals surface area contributed by atoms with Gasteiger partial charge >= 0.3 is 0 Å². The maximum Gasteiger partial charge on any atom is 0.223 e. The summed E-state index contributed by atoms with van der Waals surface area (Å²) in [6.07, 6.45) is -1.20. The Hall–Kier alpha value is -0.480. The van der Waals surface area contributed by atoms with Gasteiger partial charge in [0.2, 0.25) is 9.70 Å². The molecule has 0 spiro atoms. The average molecular weight is 297 g/mol. The number of benzene rings is 1. The number of amides is 1. The number of rotatable bonds is 2. The second-order valence-electron chi connectivity index (χ2n) is 3.61. The van der Waals surface area contributed by atoms with Crippen molar-refractivity contribution in [1.29, 1.82) is 0 Å². The van der Waals surface area contributed by atoms with Gasteiger partial charge in [0.05, 0.1) is 0 Å². The van der Waals surface area contributed by atoms with E-state index in [9.17, 15) is 9.90 Å². The van der Waals surface area contributed by atoms with Crippen molar-refractivity contribution in [2.75, 3.05) is 11.9 Å². The average Bonchev–Trinajstić information content (AvgIpc) is 2.26. The van der Waals surface area contributed by atoms with Crippen molar-refractivity contribution >= 4 is 46.4 Å². The molecule has 0 bridgehead atoms. The number of aliphatic hydroxyl groups excluding tert-OH is 1. The van der Waals surface area contributed by atoms with E-state index < -0.39 is 9.90 Å². The van der Waals surface area contributed by atoms with E-state index >= 15 is 0 Å². The highest BCUT2D eigenvalue weighted by atomic mass is 35.6. The zero-order chi connectivity index (χ0) is 13.2. The summed E-state index contributed by atoms with van der Waals surface area (Å²) in [5, 5.41) is 9.72. The van der Waals surface area contributed by atoms with E-state index in [0.717, 1.165) is 0 Å². The Labute approximate surface area is 115 Å². The number of carbonyl (C=O) groups is 1. The van der Waals surface area contributed by atoms with Crippen LogP contribution in [-0.2, 0) is 4.79 Å². The fraction of sp³-hybridized carbons (Fsp3) is 0.364. The van der Waals surface area contributed by atoms with Gasteiger partial charge in [-0.1, -0.05) is 46.9 Å². The second kappa shape index (κ2) is 5.44. The third-order valence-electron chi connectivity index (χ3n) is 2.38. The fourth-order valence-electron chi connectivity index (χ4n) is 1.25. The highest BCUT2D eigenvalue weighted by Gasteiger charge is 2.31. The molecule has 94 valence electrons. The normalized spacial score (nSPS) is 13.3. The topological polar surface area (TPSA) is 40.5 Å². The van der Waals surface area contributed by atoms with Crippen molar-refractivity contribution in [1.82, 2.24) is 0 Å². The van der Waals surface area contributed by atoms with Crippen molar-refractivity contribution in [3.8, 4) is 0 Å². The third kappa shape index (κ3) is 3.75. The van der Waals surface area contributed by atoms with Crippen molar-refractivity contribution in [2.24, 2.45) is 0 Å². The van der Waals surface area contributed by atoms with Gasteiger partial charge in [0.1, 0.15) is 6.10 Å². The smallest absolute Gasteiger partial charge is 0.223 e. The van der Waals surface area contributed by atoms with Gasteiger partial charge in [-0.3, -0.25) is 4.79 Å². The van der Waals surface area contributed by atoms with Gasteiger partial charge in [-0.15, -0.1) is 0 Å². The Morgan fingerprint density at radius 2 is 1.76 bits per heavy atom. The molecule has 0 saturated carbocycles. The van der Waals surface area contributed by atoms with Crippen LogP contribution >= 0.6 is 34.8 Å². The van der Waals surface area contributed by atoms with Crippen molar-refractivity contribution in [3.63, 3.8) is 0 Å². The molecule has 1 atom stereocenters. The maximum atomic E-state index is 11.1. The lowest BCUT2D eigenvalue weighted by Gasteiger charge is -2.20. The Morgan fingerprint density at radius 3 is 2.12 bits per heavy atom. The summed E-state index contributed by atoms with van der Waals surface area (Å²) in [7, 11) is 1.66. The first-order valence-electron chi connectivity index (χ1n) is 4.82. The van der Waals surface area contributed by atoms with E-state index in [2.05, 4.69) is 0 Å². The molecule has 0 radical (unpaired) electrons. The summed E-state index contributed by atoms with van der Waals surface area (Å²) in [6, 6.07) is 6.58. The first kappa shape index (κ1) is 14.6. The van der Waals surface area contributed by atoms with Crippen LogP contribution in [0, 0.1) is 0 Å². The molecule has 1 aromatic rings. The molecule has 0 fully saturated rings. The van der Waals surface area contributed by atoms with Gasteiger partial charge in [0, 0.05) is 19.7 Å². The number of halogens is 3. The number of hydrogen-bond donors (Lipinski definition) is 1. The van der Waals surface area contributed by atoms with E-state index in [1.165, 1.54) is 11.8 Å². The first-order chi connectivity index (χ1) is 7.73. The lowest BCUT2D eigenvalue weighted by atomic mass is 10.1. The van der Waals surface area contributed by atoms with Gasteiger partial charge in [0.25, 0.3) is 0 Å². The van der Waals surface area contributed by atoms with Crippen molar-refractivity contribution in [3.05, 3.63) is 29.8 Å². The molecule has 1 unspecified atom stereocenters. The van der Waals surface area contributed by atoms with Crippen LogP contribution in [0.25, 0.3) is 0 Å². The van der Waals surface area contributed by atoms with Crippen LogP contribution in [0.3, 0.4) is 0 Å². The van der Waals surface area contributed by atoms with Gasteiger partial charge < -0.3 is 10.0 Å². The van der Waals surface area contributed by atoms with E-state index in [4.69, 9.17) is 34.8 Å². The molecule has 0 aliphatic carbocycles. The standard InChI is InChI=1S/C11H12Cl3NO2/c1-7(16)15(2)9-5-3-8(4-6-9)10(17)11(12,13)14/h3-6,10,17H,1-2H3. The second-order valence-corrected chi connectivity index (χ2v) is 5.98. The van der Waals surface area contributed by atoms with Crippen molar-refractivity contribution in [2.45, 2.75) is 16.8 Å². The lowest BCUT2D eigenvalue weighted by molar-refractivity contribution is -0.116. The summed E-state index contributed by atoms with van der Waals surface area (Å²) < 4.78 is -1.77. The Morgan fingerprint density at radius 1 is 1.29 bits per heavy atom. The Balaban J connectivity index is 2.92. The highest BCUT2D eigenvalue weighted by molar-refractivity contribution is 6.68. The molecule has 0 aliphatic rings. The van der Waals surface area contributed by atoms with Crippen LogP contribution < -0.4 is 4.90 Å². The number of anilines is 1. The molecular formula is C11H12Cl3NO2. The molecule has 1 amide bonds. The molecule has 1 N–H and O–H groups in total. The van der Waals surface area contributed by atoms with Gasteiger partial charge in [-0.05, 0) is 17.7 Å². The van der Waals surface area contributed by atoms with Crippen LogP contribution in [0.5, 0.6) is 0 Å². The predicted molar refractivity (Wildman–Crippen MR) is 70.8 cm³/mol. The minimum Gasteiger partial charge on any atom is -0.384 e. The van der Waals surface area contributed by atoms with Crippen LogP contribution in [-0.4, -0.2) is 21.9 Å². The number of hydrogen-bond acceptors (Lipinski definition) is 2. The Kier molecular flexibility index (Phi) is 4.67. The predicted octanol–water partition coefficient (Wildman–Crippen LogP) is 3.07. The molecule has 1 rings (SSSR count). The number of aliphatic hydroxyl groups is 1. The molecule has 0 heterocycles. The van der Waals surface area contributed by atoms with Crippen LogP contribution in [0.15, 0.2) is 24.3 Å². The van der Waals surface area contributed by atoms with E-state index in [-0.39, 0.29) is 5.91 Å². The van der Waals surface area contributed by atoms with E-state index in [0.29, 0.717) is 11.3 Å². The molecule has 1 aromatic carbocycles. The summed E-state index contributed by atoms with van der Waals surface area (Å²) in [5.74, 6) is -0.0836. The van der Waals surface area contributed by atoms with Gasteiger partial charge in [-0.2, -0.15) is 0 Å². The van der Waals surface area contributed by atoms with Crippen LogP contribution in [0.2, 0.25) is 0 Å². The number of carbonyl (C=O) groups excluding carboxylic acids is 1. The first-order valence-corrected chi connectivity index (χ1v) is 5.96. The molecule has 0 aliphatic heterocycles. The van der Waals surface area contributed by atoms with Gasteiger partial charge in [0.15, 0.2) is 0 Å². The summed E-state index contributed by atoms with van der Waals surface area (Å²) in [4.78, 5) is 12.6. The molecule has 17 heavy (non-hydrogen) atoms.